The van der Waals surface area contributed by atoms with E-state index in [0.717, 1.165) is 12.1 Å². The molecule has 4 fully saturated rings. The first kappa shape index (κ1) is 19.2. The number of benzene rings is 1. The van der Waals surface area contributed by atoms with Crippen LogP contribution in [0.3, 0.4) is 0 Å². The van der Waals surface area contributed by atoms with E-state index in [2.05, 4.69) is 26.2 Å². The van der Waals surface area contributed by atoms with Crippen LogP contribution in [-0.2, 0) is 9.53 Å². The van der Waals surface area contributed by atoms with Crippen molar-refractivity contribution < 1.29 is 14.3 Å². The minimum atomic E-state index is -0.171. The van der Waals surface area contributed by atoms with Gasteiger partial charge in [0.05, 0.1) is 6.42 Å². The minimum absolute atomic E-state index is 0.0377. The van der Waals surface area contributed by atoms with Crippen LogP contribution in [0.4, 0.5) is 10.5 Å². The zero-order valence-corrected chi connectivity index (χ0v) is 17.2. The molecule has 5 unspecified atom stereocenters. The van der Waals surface area contributed by atoms with E-state index >= 15 is 0 Å². The van der Waals surface area contributed by atoms with Gasteiger partial charge in [-0.25, -0.2) is 4.79 Å². The number of nitrogens with one attached hydrogen (secondary N) is 1. The van der Waals surface area contributed by atoms with Crippen molar-refractivity contribution in [2.45, 2.75) is 59.2 Å². The lowest BCUT2D eigenvalue weighted by Crippen LogP contribution is -2.57. The average Bonchev–Trinajstić information content (AvgIpc) is 2.95. The number of hydrazine groups is 1. The summed E-state index contributed by atoms with van der Waals surface area (Å²) < 4.78 is 5.84. The zero-order chi connectivity index (χ0) is 20.1. The molecule has 6 nitrogen and oxygen atoms in total. The summed E-state index contributed by atoms with van der Waals surface area (Å²) in [7, 11) is 0. The minimum Gasteiger partial charge on any atom is -0.462 e. The highest BCUT2D eigenvalue weighted by Crippen LogP contribution is 2.61. The van der Waals surface area contributed by atoms with Gasteiger partial charge in [-0.15, -0.1) is 0 Å². The van der Waals surface area contributed by atoms with Gasteiger partial charge in [0.25, 0.3) is 0 Å². The lowest BCUT2D eigenvalue weighted by molar-refractivity contribution is -0.186. The van der Waals surface area contributed by atoms with E-state index in [-0.39, 0.29) is 30.7 Å². The van der Waals surface area contributed by atoms with Crippen LogP contribution in [-0.4, -0.2) is 35.8 Å². The highest BCUT2D eigenvalue weighted by molar-refractivity contribution is 5.94. The highest BCUT2D eigenvalue weighted by atomic mass is 16.5. The van der Waals surface area contributed by atoms with Gasteiger partial charge < -0.3 is 4.74 Å². The fourth-order valence-corrected chi connectivity index (χ4v) is 5.44. The van der Waals surface area contributed by atoms with E-state index in [1.54, 1.807) is 4.90 Å². The number of hydrogen-bond donors (Lipinski definition) is 1. The second-order valence-corrected chi connectivity index (χ2v) is 9.18. The van der Waals surface area contributed by atoms with Gasteiger partial charge in [0.15, 0.2) is 0 Å². The third-order valence-corrected chi connectivity index (χ3v) is 7.44. The first-order chi connectivity index (χ1) is 13.3. The Labute approximate surface area is 167 Å². The summed E-state index contributed by atoms with van der Waals surface area (Å²) in [4.78, 5) is 26.5. The van der Waals surface area contributed by atoms with Crippen LogP contribution in [0, 0.1) is 23.2 Å². The summed E-state index contributed by atoms with van der Waals surface area (Å²) in [6.45, 7) is 9.30. The van der Waals surface area contributed by atoms with Crippen LogP contribution in [0.2, 0.25) is 0 Å². The third-order valence-electron chi connectivity index (χ3n) is 7.44. The number of ether oxygens (including phenoxy) is 1. The Morgan fingerprint density at radius 1 is 1.21 bits per heavy atom. The number of amides is 2. The molecular formula is C22H31N3O3. The molecule has 0 radical (unpaired) electrons. The van der Waals surface area contributed by atoms with Crippen molar-refractivity contribution in [2.75, 3.05) is 11.4 Å². The van der Waals surface area contributed by atoms with Crippen molar-refractivity contribution in [1.29, 1.82) is 0 Å². The lowest BCUT2D eigenvalue weighted by atomic mass is 9.45. The quantitative estimate of drug-likeness (QED) is 0.784. The van der Waals surface area contributed by atoms with Gasteiger partial charge in [0.2, 0.25) is 0 Å². The topological polar surface area (TPSA) is 61.9 Å². The van der Waals surface area contributed by atoms with Crippen LogP contribution in [0.5, 0.6) is 0 Å². The number of rotatable bonds is 5. The van der Waals surface area contributed by atoms with Gasteiger partial charge in [-0.1, -0.05) is 39.0 Å². The molecule has 6 heteroatoms. The molecule has 1 aliphatic heterocycles. The van der Waals surface area contributed by atoms with Gasteiger partial charge in [-0.3, -0.25) is 15.1 Å². The van der Waals surface area contributed by atoms with Crippen LogP contribution in [0.15, 0.2) is 30.3 Å². The van der Waals surface area contributed by atoms with Gasteiger partial charge in [0, 0.05) is 12.2 Å². The molecule has 1 aromatic carbocycles. The fraction of sp³-hybridized carbons (Fsp3) is 0.636. The SMILES string of the molecule is CC1C(OC(=O)CCN2NC(=O)N(c3ccccc3)C2C)CC2CC1C2(C)C. The molecule has 0 spiro atoms. The number of anilines is 1. The summed E-state index contributed by atoms with van der Waals surface area (Å²) in [5, 5.41) is 1.81. The van der Waals surface area contributed by atoms with Gasteiger partial charge >= 0.3 is 12.0 Å². The molecule has 1 heterocycles. The summed E-state index contributed by atoms with van der Waals surface area (Å²) in [6, 6.07) is 9.39. The first-order valence-corrected chi connectivity index (χ1v) is 10.4. The molecule has 3 saturated carbocycles. The van der Waals surface area contributed by atoms with Crippen molar-refractivity contribution in [3.8, 4) is 0 Å². The maximum Gasteiger partial charge on any atom is 0.337 e. The molecule has 5 atom stereocenters. The molecule has 2 bridgehead atoms. The summed E-state index contributed by atoms with van der Waals surface area (Å²) in [5.41, 5.74) is 4.09. The number of fused-ring (bicyclic) bond motifs is 2. The number of nitrogens with zero attached hydrogens (tertiary/aromatic N) is 2. The Balaban J connectivity index is 1.29. The Hall–Kier alpha value is -2.08. The molecule has 152 valence electrons. The van der Waals surface area contributed by atoms with E-state index in [1.165, 1.54) is 6.42 Å². The van der Waals surface area contributed by atoms with Crippen molar-refractivity contribution in [1.82, 2.24) is 10.4 Å². The Morgan fingerprint density at radius 3 is 2.57 bits per heavy atom. The van der Waals surface area contributed by atoms with Gasteiger partial charge in [-0.2, -0.15) is 5.01 Å². The van der Waals surface area contributed by atoms with Crippen LogP contribution < -0.4 is 10.3 Å². The van der Waals surface area contributed by atoms with E-state index in [4.69, 9.17) is 4.74 Å². The molecular weight excluding hydrogens is 354 g/mol. The molecule has 5 rings (SSSR count). The summed E-state index contributed by atoms with van der Waals surface area (Å²) >= 11 is 0. The molecule has 3 aliphatic carbocycles. The molecule has 0 aromatic heterocycles. The number of para-hydroxylation sites is 1. The van der Waals surface area contributed by atoms with Gasteiger partial charge in [-0.05, 0) is 55.1 Å². The second-order valence-electron chi connectivity index (χ2n) is 9.18. The van der Waals surface area contributed by atoms with Crippen LogP contribution in [0.1, 0.15) is 47.0 Å². The maximum atomic E-state index is 12.5. The summed E-state index contributed by atoms with van der Waals surface area (Å²) in [6.07, 6.45) is 2.40. The van der Waals surface area contributed by atoms with Crippen LogP contribution >= 0.6 is 0 Å². The number of esters is 1. The van der Waals surface area contributed by atoms with Gasteiger partial charge in [0.1, 0.15) is 12.3 Å². The number of carbonyl (C=O) groups is 2. The van der Waals surface area contributed by atoms with E-state index in [0.29, 0.717) is 29.7 Å². The lowest BCUT2D eigenvalue weighted by Gasteiger charge is -2.61. The molecule has 1 saturated heterocycles. The monoisotopic (exact) mass is 385 g/mol. The Bertz CT molecular complexity index is 751. The van der Waals surface area contributed by atoms with Crippen molar-refractivity contribution >= 4 is 17.7 Å². The number of hydrogen-bond acceptors (Lipinski definition) is 4. The largest absolute Gasteiger partial charge is 0.462 e. The smallest absolute Gasteiger partial charge is 0.337 e. The third kappa shape index (κ3) is 3.17. The van der Waals surface area contributed by atoms with E-state index in [1.807, 2.05) is 42.3 Å². The van der Waals surface area contributed by atoms with E-state index < -0.39 is 0 Å². The number of urea groups is 1. The maximum absolute atomic E-state index is 12.5. The predicted molar refractivity (Wildman–Crippen MR) is 107 cm³/mol. The molecule has 2 amide bonds. The predicted octanol–water partition coefficient (Wildman–Crippen LogP) is 3.78. The van der Waals surface area contributed by atoms with E-state index in [9.17, 15) is 9.59 Å². The molecule has 28 heavy (non-hydrogen) atoms. The Kier molecular flexibility index (Phi) is 4.86. The first-order valence-electron chi connectivity index (χ1n) is 10.4. The fourth-order valence-electron chi connectivity index (χ4n) is 5.44. The normalized spacial score (nSPS) is 33.9. The highest BCUT2D eigenvalue weighted by Gasteiger charge is 2.57. The number of carbonyl (C=O) groups excluding carboxylic acids is 2. The van der Waals surface area contributed by atoms with Crippen LogP contribution in [0.25, 0.3) is 0 Å². The second kappa shape index (κ2) is 7.07. The molecule has 1 N–H and O–H groups in total. The van der Waals surface area contributed by atoms with Crippen molar-refractivity contribution in [3.63, 3.8) is 0 Å². The molecule has 4 aliphatic rings. The standard InChI is InChI=1S/C22H31N3O3/c1-14-18-12-16(22(18,3)4)13-19(14)28-20(26)10-11-24-15(2)25(21(27)23-24)17-8-6-5-7-9-17/h5-9,14-16,18-19H,10-13H2,1-4H3,(H,23,27). The molecule has 1 aromatic rings. The van der Waals surface area contributed by atoms with Crippen molar-refractivity contribution in [3.05, 3.63) is 30.3 Å². The average molecular weight is 386 g/mol. The van der Waals surface area contributed by atoms with Crippen molar-refractivity contribution in [2.24, 2.45) is 23.2 Å². The zero-order valence-electron chi connectivity index (χ0n) is 17.2. The summed E-state index contributed by atoms with van der Waals surface area (Å²) in [5.74, 6) is 1.57. The Morgan fingerprint density at radius 2 is 1.93 bits per heavy atom.